The standard InChI is InChI=1S/C17H28N2O4S.ClH/c1-4-17(18,5-2)13-19-16(20)7-6-12-23-14-8-10-15(11-9-14)24(3,21)22;/h8-11H,4-7,12-13,18H2,1-3H3,(H,19,20);1H. The molecule has 1 aromatic rings. The lowest BCUT2D eigenvalue weighted by Gasteiger charge is -2.26. The van der Waals surface area contributed by atoms with Gasteiger partial charge in [0.25, 0.3) is 0 Å². The van der Waals surface area contributed by atoms with Crippen LogP contribution in [0.15, 0.2) is 29.2 Å². The molecule has 0 heterocycles. The van der Waals surface area contributed by atoms with Gasteiger partial charge >= 0.3 is 0 Å². The van der Waals surface area contributed by atoms with E-state index in [0.717, 1.165) is 19.1 Å². The van der Waals surface area contributed by atoms with Crippen molar-refractivity contribution in [2.45, 2.75) is 50.0 Å². The van der Waals surface area contributed by atoms with Crippen molar-refractivity contribution in [1.82, 2.24) is 5.32 Å². The molecule has 0 bridgehead atoms. The number of carbonyl (C=O) groups is 1. The van der Waals surface area contributed by atoms with E-state index in [1.165, 1.54) is 12.1 Å². The van der Waals surface area contributed by atoms with Crippen molar-refractivity contribution in [2.24, 2.45) is 5.73 Å². The Morgan fingerprint density at radius 3 is 2.24 bits per heavy atom. The minimum absolute atomic E-state index is 0. The van der Waals surface area contributed by atoms with Gasteiger partial charge in [-0.3, -0.25) is 4.79 Å². The number of hydrogen-bond acceptors (Lipinski definition) is 5. The maximum absolute atomic E-state index is 11.8. The Kier molecular flexibility index (Phi) is 10.1. The molecule has 0 aliphatic rings. The topological polar surface area (TPSA) is 98.5 Å². The quantitative estimate of drug-likeness (QED) is 0.595. The van der Waals surface area contributed by atoms with E-state index in [1.807, 2.05) is 13.8 Å². The maximum Gasteiger partial charge on any atom is 0.220 e. The van der Waals surface area contributed by atoms with Gasteiger partial charge in [0.05, 0.1) is 11.5 Å². The first kappa shape index (κ1) is 23.7. The number of nitrogens with one attached hydrogen (secondary N) is 1. The summed E-state index contributed by atoms with van der Waals surface area (Å²) in [5.74, 6) is 0.545. The number of hydrogen-bond donors (Lipinski definition) is 2. The number of halogens is 1. The highest BCUT2D eigenvalue weighted by atomic mass is 35.5. The molecule has 0 fully saturated rings. The van der Waals surface area contributed by atoms with E-state index in [9.17, 15) is 13.2 Å². The Hall–Kier alpha value is -1.31. The summed E-state index contributed by atoms with van der Waals surface area (Å²) >= 11 is 0. The number of benzene rings is 1. The van der Waals surface area contributed by atoms with E-state index in [1.54, 1.807) is 12.1 Å². The van der Waals surface area contributed by atoms with E-state index in [4.69, 9.17) is 10.5 Å². The minimum Gasteiger partial charge on any atom is -0.494 e. The van der Waals surface area contributed by atoms with E-state index in [2.05, 4.69) is 5.32 Å². The van der Waals surface area contributed by atoms with Crippen LogP contribution in [0.3, 0.4) is 0 Å². The molecule has 0 aliphatic carbocycles. The molecular weight excluding hydrogens is 364 g/mol. The zero-order valence-electron chi connectivity index (χ0n) is 15.1. The van der Waals surface area contributed by atoms with Gasteiger partial charge in [0, 0.05) is 24.8 Å². The second-order valence-corrected chi connectivity index (χ2v) is 8.06. The minimum atomic E-state index is -3.20. The van der Waals surface area contributed by atoms with Crippen LogP contribution < -0.4 is 15.8 Å². The number of ether oxygens (including phenoxy) is 1. The highest BCUT2D eigenvalue weighted by Crippen LogP contribution is 2.16. The molecule has 0 unspecified atom stereocenters. The summed E-state index contributed by atoms with van der Waals surface area (Å²) in [5.41, 5.74) is 5.80. The van der Waals surface area contributed by atoms with Gasteiger partial charge in [-0.15, -0.1) is 12.4 Å². The molecule has 0 saturated heterocycles. The number of nitrogens with two attached hydrogens (primary N) is 1. The Labute approximate surface area is 156 Å². The third-order valence-electron chi connectivity index (χ3n) is 4.11. The van der Waals surface area contributed by atoms with Gasteiger partial charge in [-0.1, -0.05) is 13.8 Å². The van der Waals surface area contributed by atoms with Gasteiger partial charge in [0.1, 0.15) is 5.75 Å². The monoisotopic (exact) mass is 392 g/mol. The number of rotatable bonds is 10. The molecule has 144 valence electrons. The van der Waals surface area contributed by atoms with E-state index >= 15 is 0 Å². The van der Waals surface area contributed by atoms with Crippen molar-refractivity contribution < 1.29 is 17.9 Å². The van der Waals surface area contributed by atoms with Crippen LogP contribution in [0.2, 0.25) is 0 Å². The summed E-state index contributed by atoms with van der Waals surface area (Å²) in [7, 11) is -3.20. The Morgan fingerprint density at radius 2 is 1.76 bits per heavy atom. The second kappa shape index (κ2) is 10.6. The fraction of sp³-hybridized carbons (Fsp3) is 0.588. The van der Waals surface area contributed by atoms with Gasteiger partial charge in [-0.2, -0.15) is 0 Å². The van der Waals surface area contributed by atoms with Crippen LogP contribution in [0, 0.1) is 0 Å². The molecule has 1 rings (SSSR count). The third kappa shape index (κ3) is 8.56. The van der Waals surface area contributed by atoms with Crippen LogP contribution >= 0.6 is 12.4 Å². The van der Waals surface area contributed by atoms with Gasteiger partial charge in [-0.25, -0.2) is 8.42 Å². The van der Waals surface area contributed by atoms with Crippen LogP contribution in [0.4, 0.5) is 0 Å². The van der Waals surface area contributed by atoms with E-state index in [-0.39, 0.29) is 28.7 Å². The maximum atomic E-state index is 11.8. The van der Waals surface area contributed by atoms with Gasteiger partial charge in [-0.05, 0) is 43.5 Å². The Balaban J connectivity index is 0.00000576. The van der Waals surface area contributed by atoms with E-state index in [0.29, 0.717) is 31.7 Å². The largest absolute Gasteiger partial charge is 0.494 e. The summed E-state index contributed by atoms with van der Waals surface area (Å²) in [6.45, 7) is 4.89. The SMILES string of the molecule is CCC(N)(CC)CNC(=O)CCCOc1ccc(S(C)(=O)=O)cc1.Cl. The highest BCUT2D eigenvalue weighted by Gasteiger charge is 2.20. The number of amides is 1. The summed E-state index contributed by atoms with van der Waals surface area (Å²) in [6, 6.07) is 6.24. The summed E-state index contributed by atoms with van der Waals surface area (Å²) in [4.78, 5) is 12.1. The molecule has 3 N–H and O–H groups in total. The zero-order chi connectivity index (χ0) is 18.2. The number of carbonyl (C=O) groups excluding carboxylic acids is 1. The summed E-state index contributed by atoms with van der Waals surface area (Å²) in [6.07, 6.45) is 3.74. The zero-order valence-corrected chi connectivity index (χ0v) is 16.7. The Morgan fingerprint density at radius 1 is 1.20 bits per heavy atom. The molecule has 0 saturated carbocycles. The van der Waals surface area contributed by atoms with Crippen LogP contribution in [0.1, 0.15) is 39.5 Å². The normalized spacial score (nSPS) is 11.5. The lowest BCUT2D eigenvalue weighted by atomic mass is 9.94. The lowest BCUT2D eigenvalue weighted by Crippen LogP contribution is -2.49. The van der Waals surface area contributed by atoms with E-state index < -0.39 is 9.84 Å². The highest BCUT2D eigenvalue weighted by molar-refractivity contribution is 7.90. The third-order valence-corrected chi connectivity index (χ3v) is 5.24. The van der Waals surface area contributed by atoms with Gasteiger partial charge in [0.2, 0.25) is 5.91 Å². The number of sulfone groups is 1. The van der Waals surface area contributed by atoms with Crippen LogP contribution in [0.25, 0.3) is 0 Å². The van der Waals surface area contributed by atoms with Crippen molar-refractivity contribution in [3.8, 4) is 5.75 Å². The molecule has 1 amide bonds. The van der Waals surface area contributed by atoms with Crippen molar-refractivity contribution in [3.05, 3.63) is 24.3 Å². The van der Waals surface area contributed by atoms with Crippen LogP contribution in [0.5, 0.6) is 5.75 Å². The molecule has 0 atom stereocenters. The molecule has 25 heavy (non-hydrogen) atoms. The molecule has 0 spiro atoms. The fourth-order valence-electron chi connectivity index (χ4n) is 2.07. The first-order chi connectivity index (χ1) is 11.2. The van der Waals surface area contributed by atoms with Gasteiger partial charge in [0.15, 0.2) is 9.84 Å². The van der Waals surface area contributed by atoms with Crippen molar-refractivity contribution in [3.63, 3.8) is 0 Å². The smallest absolute Gasteiger partial charge is 0.220 e. The predicted molar refractivity (Wildman–Crippen MR) is 102 cm³/mol. The molecule has 0 radical (unpaired) electrons. The molecule has 6 nitrogen and oxygen atoms in total. The predicted octanol–water partition coefficient (Wildman–Crippen LogP) is 2.30. The van der Waals surface area contributed by atoms with Crippen LogP contribution in [-0.4, -0.2) is 39.3 Å². The second-order valence-electron chi connectivity index (χ2n) is 6.04. The summed E-state index contributed by atoms with van der Waals surface area (Å²) < 4.78 is 28.2. The molecule has 0 aromatic heterocycles. The first-order valence-corrected chi connectivity index (χ1v) is 10.1. The van der Waals surface area contributed by atoms with Crippen molar-refractivity contribution in [1.29, 1.82) is 0 Å². The van der Waals surface area contributed by atoms with Crippen molar-refractivity contribution in [2.75, 3.05) is 19.4 Å². The van der Waals surface area contributed by atoms with Gasteiger partial charge < -0.3 is 15.8 Å². The van der Waals surface area contributed by atoms with Crippen LogP contribution in [-0.2, 0) is 14.6 Å². The molecule has 0 aliphatic heterocycles. The average molecular weight is 393 g/mol. The summed E-state index contributed by atoms with van der Waals surface area (Å²) in [5, 5.41) is 2.86. The molecule has 8 heteroatoms. The average Bonchev–Trinajstić information content (AvgIpc) is 2.56. The fourth-order valence-corrected chi connectivity index (χ4v) is 2.70. The first-order valence-electron chi connectivity index (χ1n) is 8.18. The van der Waals surface area contributed by atoms with Crippen molar-refractivity contribution >= 4 is 28.2 Å². The Bertz CT molecular complexity index is 629. The lowest BCUT2D eigenvalue weighted by molar-refractivity contribution is -0.121. The molecular formula is C17H29ClN2O4S. The molecule has 1 aromatic carbocycles.